The molecule has 1 atom stereocenters. The largest absolute Gasteiger partial charge is 0.383 e. The van der Waals surface area contributed by atoms with Crippen molar-refractivity contribution in [1.82, 2.24) is 5.32 Å². The number of hydrogen-bond donors (Lipinski definition) is 3. The maximum Gasteiger partial charge on any atom is 0.319 e. The lowest BCUT2D eigenvalue weighted by Crippen LogP contribution is -2.40. The van der Waals surface area contributed by atoms with Gasteiger partial charge in [0.05, 0.1) is 11.5 Å². The molecule has 0 spiro atoms. The average Bonchev–Trinajstić information content (AvgIpc) is 3.00. The van der Waals surface area contributed by atoms with E-state index < -0.39 is 16.6 Å². The van der Waals surface area contributed by atoms with E-state index >= 15 is 0 Å². The Labute approximate surface area is 137 Å². The van der Waals surface area contributed by atoms with Crippen LogP contribution < -0.4 is 10.6 Å². The van der Waals surface area contributed by atoms with Crippen molar-refractivity contribution in [3.05, 3.63) is 56.3 Å². The molecule has 1 aromatic carbocycles. The van der Waals surface area contributed by atoms with Crippen molar-refractivity contribution in [2.75, 3.05) is 11.9 Å². The summed E-state index contributed by atoms with van der Waals surface area (Å²) in [5.74, 6) is 0. The molecule has 0 aliphatic rings. The van der Waals surface area contributed by atoms with Crippen LogP contribution in [-0.2, 0) is 5.60 Å². The van der Waals surface area contributed by atoms with Gasteiger partial charge in [0, 0.05) is 22.2 Å². The molecule has 23 heavy (non-hydrogen) atoms. The van der Waals surface area contributed by atoms with Crippen molar-refractivity contribution in [3.63, 3.8) is 0 Å². The van der Waals surface area contributed by atoms with E-state index in [2.05, 4.69) is 10.6 Å². The van der Waals surface area contributed by atoms with E-state index in [4.69, 9.17) is 0 Å². The van der Waals surface area contributed by atoms with Crippen LogP contribution in [0.25, 0.3) is 0 Å². The van der Waals surface area contributed by atoms with Crippen molar-refractivity contribution >= 4 is 28.7 Å². The second kappa shape index (κ2) is 6.76. The minimum atomic E-state index is -1.16. The van der Waals surface area contributed by atoms with Crippen molar-refractivity contribution in [2.45, 2.75) is 19.4 Å². The molecule has 8 heteroatoms. The molecule has 7 nitrogen and oxygen atoms in total. The average molecular weight is 335 g/mol. The van der Waals surface area contributed by atoms with E-state index in [0.29, 0.717) is 11.3 Å². The highest BCUT2D eigenvalue weighted by molar-refractivity contribution is 7.10. The Morgan fingerprint density at radius 2 is 2.17 bits per heavy atom. The number of hydrogen-bond acceptors (Lipinski definition) is 5. The standard InChI is InChI=1S/C15H17N3O4S/c1-10-8-11(5-6-12(10)18(21)22)17-14(19)16-9-15(2,20)13-4-3-7-23-13/h3-8,20H,9H2,1-2H3,(H2,16,17,19). The van der Waals surface area contributed by atoms with Crippen LogP contribution in [0.4, 0.5) is 16.2 Å². The van der Waals surface area contributed by atoms with Gasteiger partial charge < -0.3 is 15.7 Å². The monoisotopic (exact) mass is 335 g/mol. The van der Waals surface area contributed by atoms with Crippen molar-refractivity contribution in [1.29, 1.82) is 0 Å². The van der Waals surface area contributed by atoms with Crippen LogP contribution in [0.1, 0.15) is 17.4 Å². The zero-order chi connectivity index (χ0) is 17.0. The molecule has 1 heterocycles. The molecule has 2 rings (SSSR count). The predicted molar refractivity (Wildman–Crippen MR) is 88.7 cm³/mol. The number of nitro benzene ring substituents is 1. The fourth-order valence-corrected chi connectivity index (χ4v) is 2.82. The third-order valence-electron chi connectivity index (χ3n) is 3.30. The number of nitro groups is 1. The highest BCUT2D eigenvalue weighted by atomic mass is 32.1. The van der Waals surface area contributed by atoms with Crippen LogP contribution in [0.2, 0.25) is 0 Å². The summed E-state index contributed by atoms with van der Waals surface area (Å²) in [4.78, 5) is 22.9. The first-order valence-corrected chi connectivity index (χ1v) is 7.74. The van der Waals surface area contributed by atoms with Gasteiger partial charge in [-0.15, -0.1) is 11.3 Å². The number of amides is 2. The Bertz CT molecular complexity index is 714. The molecule has 2 amide bonds. The Kier molecular flexibility index (Phi) is 4.97. The molecule has 1 aromatic heterocycles. The van der Waals surface area contributed by atoms with E-state index in [9.17, 15) is 20.0 Å². The summed E-state index contributed by atoms with van der Waals surface area (Å²) in [6.07, 6.45) is 0. The third kappa shape index (κ3) is 4.27. The lowest BCUT2D eigenvalue weighted by Gasteiger charge is -2.22. The first kappa shape index (κ1) is 16.9. The van der Waals surface area contributed by atoms with Gasteiger partial charge in [0.15, 0.2) is 0 Å². The quantitative estimate of drug-likeness (QED) is 0.577. The van der Waals surface area contributed by atoms with E-state index in [0.717, 1.165) is 4.88 Å². The fraction of sp³-hybridized carbons (Fsp3) is 0.267. The molecule has 0 saturated carbocycles. The predicted octanol–water partition coefficient (Wildman–Crippen LogP) is 2.99. The molecule has 122 valence electrons. The molecule has 0 bridgehead atoms. The van der Waals surface area contributed by atoms with E-state index in [1.54, 1.807) is 19.9 Å². The summed E-state index contributed by atoms with van der Waals surface area (Å²) in [6, 6.07) is 7.46. The molecular formula is C15H17N3O4S. The molecule has 2 aromatic rings. The number of carbonyl (C=O) groups is 1. The van der Waals surface area contributed by atoms with Gasteiger partial charge in [0.2, 0.25) is 0 Å². The summed E-state index contributed by atoms with van der Waals surface area (Å²) in [7, 11) is 0. The number of carbonyl (C=O) groups excluding carboxylic acids is 1. The number of nitrogens with one attached hydrogen (secondary N) is 2. The van der Waals surface area contributed by atoms with Gasteiger partial charge in [-0.1, -0.05) is 6.07 Å². The number of rotatable bonds is 5. The maximum absolute atomic E-state index is 11.9. The molecule has 1 unspecified atom stereocenters. The Morgan fingerprint density at radius 1 is 1.43 bits per heavy atom. The third-order valence-corrected chi connectivity index (χ3v) is 4.42. The normalized spacial score (nSPS) is 13.2. The van der Waals surface area contributed by atoms with Gasteiger partial charge in [-0.2, -0.15) is 0 Å². The molecule has 0 saturated heterocycles. The second-order valence-corrected chi connectivity index (χ2v) is 6.26. The van der Waals surface area contributed by atoms with Gasteiger partial charge in [-0.3, -0.25) is 10.1 Å². The van der Waals surface area contributed by atoms with Crippen molar-refractivity contribution in [3.8, 4) is 0 Å². The van der Waals surface area contributed by atoms with E-state index in [1.165, 1.54) is 29.5 Å². The van der Waals surface area contributed by atoms with Gasteiger partial charge in [0.25, 0.3) is 5.69 Å². The van der Waals surface area contributed by atoms with Crippen LogP contribution in [0.3, 0.4) is 0 Å². The lowest BCUT2D eigenvalue weighted by molar-refractivity contribution is -0.385. The minimum absolute atomic E-state index is 0.00316. The molecular weight excluding hydrogens is 318 g/mol. The number of benzene rings is 1. The fourth-order valence-electron chi connectivity index (χ4n) is 2.04. The lowest BCUT2D eigenvalue weighted by atomic mass is 10.1. The molecule has 0 fully saturated rings. The topological polar surface area (TPSA) is 104 Å². The van der Waals surface area contributed by atoms with E-state index in [-0.39, 0.29) is 12.2 Å². The summed E-state index contributed by atoms with van der Waals surface area (Å²) < 4.78 is 0. The smallest absolute Gasteiger partial charge is 0.319 e. The summed E-state index contributed by atoms with van der Waals surface area (Å²) in [5.41, 5.74) is -0.256. The number of urea groups is 1. The van der Waals surface area contributed by atoms with E-state index in [1.807, 2.05) is 11.4 Å². The van der Waals surface area contributed by atoms with Crippen molar-refractivity contribution < 1.29 is 14.8 Å². The van der Waals surface area contributed by atoms with Gasteiger partial charge in [0.1, 0.15) is 5.60 Å². The SMILES string of the molecule is Cc1cc(NC(=O)NCC(C)(O)c2cccs2)ccc1[N+](=O)[O-]. The zero-order valence-electron chi connectivity index (χ0n) is 12.7. The molecule has 3 N–H and O–H groups in total. The minimum Gasteiger partial charge on any atom is -0.383 e. The van der Waals surface area contributed by atoms with Crippen LogP contribution >= 0.6 is 11.3 Å². The Morgan fingerprint density at radius 3 is 2.74 bits per heavy atom. The Balaban J connectivity index is 1.95. The van der Waals surface area contributed by atoms with Crippen LogP contribution in [0.5, 0.6) is 0 Å². The second-order valence-electron chi connectivity index (χ2n) is 5.32. The maximum atomic E-state index is 11.9. The molecule has 0 aliphatic carbocycles. The van der Waals surface area contributed by atoms with Crippen molar-refractivity contribution in [2.24, 2.45) is 0 Å². The Hall–Kier alpha value is -2.45. The number of aryl methyl sites for hydroxylation is 1. The van der Waals surface area contributed by atoms with Crippen LogP contribution in [0, 0.1) is 17.0 Å². The summed E-state index contributed by atoms with van der Waals surface area (Å²) in [6.45, 7) is 3.27. The highest BCUT2D eigenvalue weighted by Gasteiger charge is 2.24. The number of anilines is 1. The number of nitrogens with zero attached hydrogens (tertiary/aromatic N) is 1. The first-order valence-electron chi connectivity index (χ1n) is 6.86. The summed E-state index contributed by atoms with van der Waals surface area (Å²) >= 11 is 1.41. The summed E-state index contributed by atoms with van der Waals surface area (Å²) in [5, 5.41) is 28.1. The van der Waals surface area contributed by atoms with Gasteiger partial charge in [-0.05, 0) is 37.4 Å². The number of thiophene rings is 1. The van der Waals surface area contributed by atoms with Gasteiger partial charge in [-0.25, -0.2) is 4.79 Å². The molecule has 0 radical (unpaired) electrons. The van der Waals surface area contributed by atoms with Crippen LogP contribution in [-0.4, -0.2) is 22.6 Å². The van der Waals surface area contributed by atoms with Crippen LogP contribution in [0.15, 0.2) is 35.7 Å². The molecule has 0 aliphatic heterocycles. The first-order chi connectivity index (χ1) is 10.8. The zero-order valence-corrected chi connectivity index (χ0v) is 13.5. The van der Waals surface area contributed by atoms with Gasteiger partial charge >= 0.3 is 6.03 Å². The highest BCUT2D eigenvalue weighted by Crippen LogP contribution is 2.24. The number of aliphatic hydroxyl groups is 1.